The van der Waals surface area contributed by atoms with Gasteiger partial charge in [0.05, 0.1) is 13.2 Å². The van der Waals surface area contributed by atoms with E-state index in [1.165, 1.54) is 41.5 Å². The summed E-state index contributed by atoms with van der Waals surface area (Å²) in [7, 11) is 0. The average Bonchev–Trinajstić information content (AvgIpc) is 2.44. The number of ether oxygens (including phenoxy) is 2. The third-order valence-corrected chi connectivity index (χ3v) is 4.00. The monoisotopic (exact) mass is 375 g/mol. The van der Waals surface area contributed by atoms with Crippen LogP contribution in [0.4, 0.5) is 0 Å². The Labute approximate surface area is 129 Å². The van der Waals surface area contributed by atoms with Crippen LogP contribution >= 0.6 is 22.6 Å². The van der Waals surface area contributed by atoms with Crippen LogP contribution in [0.2, 0.25) is 0 Å². The highest BCUT2D eigenvalue weighted by molar-refractivity contribution is 14.1. The maximum absolute atomic E-state index is 5.52. The Hall–Kier alpha value is -0.170. The number of likely N-dealkylation sites (tertiary alicyclic amines) is 1. The van der Waals surface area contributed by atoms with Crippen molar-refractivity contribution < 1.29 is 9.47 Å². The molecule has 1 heterocycles. The van der Waals surface area contributed by atoms with Crippen molar-refractivity contribution in [2.24, 2.45) is 0 Å². The first-order valence-electron chi connectivity index (χ1n) is 6.97. The van der Waals surface area contributed by atoms with Crippen LogP contribution in [0, 0.1) is 3.57 Å². The molecular weight excluding hydrogens is 353 g/mol. The van der Waals surface area contributed by atoms with E-state index in [9.17, 15) is 0 Å². The molecular formula is C15H22INO2. The van der Waals surface area contributed by atoms with Gasteiger partial charge < -0.3 is 14.4 Å². The molecule has 3 nitrogen and oxygen atoms in total. The Morgan fingerprint density at radius 2 is 1.95 bits per heavy atom. The Morgan fingerprint density at radius 3 is 2.74 bits per heavy atom. The summed E-state index contributed by atoms with van der Waals surface area (Å²) >= 11 is 2.31. The minimum absolute atomic E-state index is 0.388. The van der Waals surface area contributed by atoms with Gasteiger partial charge in [0.1, 0.15) is 6.79 Å². The van der Waals surface area contributed by atoms with Crippen molar-refractivity contribution in [3.05, 3.63) is 33.4 Å². The van der Waals surface area contributed by atoms with Gasteiger partial charge in [0, 0.05) is 10.1 Å². The van der Waals surface area contributed by atoms with Crippen LogP contribution in [0.15, 0.2) is 24.3 Å². The summed E-state index contributed by atoms with van der Waals surface area (Å²) in [6, 6.07) is 8.35. The smallest absolute Gasteiger partial charge is 0.147 e. The quantitative estimate of drug-likeness (QED) is 0.415. The van der Waals surface area contributed by atoms with E-state index in [-0.39, 0.29) is 0 Å². The molecule has 0 radical (unpaired) electrons. The molecule has 0 bridgehead atoms. The molecule has 0 aromatic heterocycles. The molecule has 1 aliphatic rings. The topological polar surface area (TPSA) is 21.7 Å². The van der Waals surface area contributed by atoms with Gasteiger partial charge >= 0.3 is 0 Å². The molecule has 0 amide bonds. The van der Waals surface area contributed by atoms with Gasteiger partial charge in [0.2, 0.25) is 0 Å². The summed E-state index contributed by atoms with van der Waals surface area (Å²) in [6.07, 6.45) is 4.06. The van der Waals surface area contributed by atoms with Gasteiger partial charge in [-0.15, -0.1) is 0 Å². The van der Waals surface area contributed by atoms with Crippen LogP contribution in [0.5, 0.6) is 0 Å². The van der Waals surface area contributed by atoms with Crippen LogP contribution in [-0.4, -0.2) is 37.9 Å². The molecule has 2 rings (SSSR count). The van der Waals surface area contributed by atoms with Crippen LogP contribution < -0.4 is 0 Å². The molecule has 1 fully saturated rings. The number of piperidine rings is 1. The van der Waals surface area contributed by atoms with E-state index < -0.39 is 0 Å². The Balaban J connectivity index is 1.50. The van der Waals surface area contributed by atoms with E-state index in [1.54, 1.807) is 0 Å². The molecule has 1 aromatic carbocycles. The first-order valence-corrected chi connectivity index (χ1v) is 8.05. The molecule has 19 heavy (non-hydrogen) atoms. The zero-order chi connectivity index (χ0) is 13.3. The summed E-state index contributed by atoms with van der Waals surface area (Å²) in [4.78, 5) is 2.48. The molecule has 1 aromatic rings. The van der Waals surface area contributed by atoms with Crippen molar-refractivity contribution in [1.82, 2.24) is 4.90 Å². The van der Waals surface area contributed by atoms with Gasteiger partial charge in [-0.25, -0.2) is 0 Å². The second-order valence-electron chi connectivity index (χ2n) is 4.91. The standard InChI is InChI=1S/C15H22INO2/c16-15-6-4-5-14(11-15)12-19-13-18-10-9-17-7-2-1-3-8-17/h4-6,11H,1-3,7-10,12-13H2. The van der Waals surface area contributed by atoms with E-state index in [4.69, 9.17) is 9.47 Å². The zero-order valence-electron chi connectivity index (χ0n) is 11.3. The Kier molecular flexibility index (Phi) is 7.13. The van der Waals surface area contributed by atoms with E-state index in [0.29, 0.717) is 13.4 Å². The van der Waals surface area contributed by atoms with Crippen molar-refractivity contribution in [1.29, 1.82) is 0 Å². The second-order valence-corrected chi connectivity index (χ2v) is 6.15. The fourth-order valence-electron chi connectivity index (χ4n) is 2.28. The van der Waals surface area contributed by atoms with E-state index in [0.717, 1.165) is 13.2 Å². The lowest BCUT2D eigenvalue weighted by Gasteiger charge is -2.26. The fraction of sp³-hybridized carbons (Fsp3) is 0.600. The molecule has 0 atom stereocenters. The van der Waals surface area contributed by atoms with Crippen LogP contribution in [-0.2, 0) is 16.1 Å². The van der Waals surface area contributed by atoms with Gasteiger partial charge in [-0.2, -0.15) is 0 Å². The van der Waals surface area contributed by atoms with Crippen LogP contribution in [0.25, 0.3) is 0 Å². The SMILES string of the molecule is Ic1cccc(COCOCCN2CCCCC2)c1. The molecule has 0 spiro atoms. The highest BCUT2D eigenvalue weighted by atomic mass is 127. The lowest BCUT2D eigenvalue weighted by molar-refractivity contribution is -0.0663. The number of benzene rings is 1. The number of halogens is 1. The van der Waals surface area contributed by atoms with Gasteiger partial charge in [-0.1, -0.05) is 18.6 Å². The molecule has 4 heteroatoms. The normalized spacial score (nSPS) is 16.7. The van der Waals surface area contributed by atoms with Crippen molar-refractivity contribution in [2.45, 2.75) is 25.9 Å². The maximum atomic E-state index is 5.52. The second kappa shape index (κ2) is 8.89. The lowest BCUT2D eigenvalue weighted by atomic mass is 10.1. The Bertz CT molecular complexity index is 367. The maximum Gasteiger partial charge on any atom is 0.147 e. The van der Waals surface area contributed by atoms with Crippen molar-refractivity contribution in [2.75, 3.05) is 33.0 Å². The number of nitrogens with zero attached hydrogens (tertiary/aromatic N) is 1. The van der Waals surface area contributed by atoms with Crippen molar-refractivity contribution >= 4 is 22.6 Å². The van der Waals surface area contributed by atoms with Gasteiger partial charge in [-0.3, -0.25) is 0 Å². The summed E-state index contributed by atoms with van der Waals surface area (Å²) in [5.41, 5.74) is 1.20. The molecule has 0 unspecified atom stereocenters. The number of hydrogen-bond acceptors (Lipinski definition) is 3. The molecule has 1 saturated heterocycles. The third kappa shape index (κ3) is 6.21. The fourth-order valence-corrected chi connectivity index (χ4v) is 2.89. The first-order chi connectivity index (χ1) is 9.34. The lowest BCUT2D eigenvalue weighted by Crippen LogP contribution is -2.32. The van der Waals surface area contributed by atoms with E-state index in [1.807, 2.05) is 0 Å². The minimum atomic E-state index is 0.388. The first kappa shape index (κ1) is 15.2. The summed E-state index contributed by atoms with van der Waals surface area (Å²) < 4.78 is 12.3. The Morgan fingerprint density at radius 1 is 1.11 bits per heavy atom. The third-order valence-electron chi connectivity index (χ3n) is 3.32. The van der Waals surface area contributed by atoms with E-state index >= 15 is 0 Å². The van der Waals surface area contributed by atoms with Crippen molar-refractivity contribution in [3.63, 3.8) is 0 Å². The van der Waals surface area contributed by atoms with Crippen LogP contribution in [0.3, 0.4) is 0 Å². The molecule has 0 saturated carbocycles. The van der Waals surface area contributed by atoms with Crippen molar-refractivity contribution in [3.8, 4) is 0 Å². The summed E-state index contributed by atoms with van der Waals surface area (Å²) in [5.74, 6) is 0. The van der Waals surface area contributed by atoms with Crippen LogP contribution in [0.1, 0.15) is 24.8 Å². The molecule has 1 aliphatic heterocycles. The highest BCUT2D eigenvalue weighted by Gasteiger charge is 2.08. The highest BCUT2D eigenvalue weighted by Crippen LogP contribution is 2.09. The summed E-state index contributed by atoms with van der Waals surface area (Å²) in [6.45, 7) is 5.28. The summed E-state index contributed by atoms with van der Waals surface area (Å²) in [5, 5.41) is 0. The largest absolute Gasteiger partial charge is 0.354 e. The minimum Gasteiger partial charge on any atom is -0.354 e. The van der Waals surface area contributed by atoms with E-state index in [2.05, 4.69) is 51.8 Å². The zero-order valence-corrected chi connectivity index (χ0v) is 13.5. The number of rotatable bonds is 7. The van der Waals surface area contributed by atoms with Gasteiger partial charge in [0.25, 0.3) is 0 Å². The predicted molar refractivity (Wildman–Crippen MR) is 85.1 cm³/mol. The molecule has 0 aliphatic carbocycles. The van der Waals surface area contributed by atoms with Gasteiger partial charge in [0.15, 0.2) is 0 Å². The molecule has 106 valence electrons. The molecule has 0 N–H and O–H groups in total. The predicted octanol–water partition coefficient (Wildman–Crippen LogP) is 3.27. The average molecular weight is 375 g/mol. The number of hydrogen-bond donors (Lipinski definition) is 0. The van der Waals surface area contributed by atoms with Gasteiger partial charge in [-0.05, 0) is 66.2 Å².